The predicted octanol–water partition coefficient (Wildman–Crippen LogP) is 6.87. The lowest BCUT2D eigenvalue weighted by molar-refractivity contribution is -0.153. The number of carbonyl (C=O) groups excluding carboxylic acids is 1. The van der Waals surface area contributed by atoms with Gasteiger partial charge in [-0.15, -0.1) is 0 Å². The van der Waals surface area contributed by atoms with E-state index >= 15 is 0 Å². The van der Waals surface area contributed by atoms with Crippen LogP contribution in [0.15, 0.2) is 17.3 Å². The molecular formula is C23H43N3O3. The molecule has 0 aromatic rings. The number of carbonyl (C=O) groups is 1. The monoisotopic (exact) mass is 409 g/mol. The maximum absolute atomic E-state index is 11.8. The summed E-state index contributed by atoms with van der Waals surface area (Å²) in [4.78, 5) is 14.6. The van der Waals surface area contributed by atoms with E-state index in [9.17, 15) is 9.90 Å². The van der Waals surface area contributed by atoms with Crippen LogP contribution in [0.4, 0.5) is 0 Å². The molecule has 29 heavy (non-hydrogen) atoms. The molecule has 0 fully saturated rings. The standard InChI is InChI=1S/C23H43N3O3/c1-5-6-7-8-9-10-11-12-13-14-15-16-17-18-21(27)20(25-26-24)19-29-22(28)23(2,3)4/h17-18,20-21,27H,5-16,19H2,1-4H3. The Balaban J connectivity index is 3.89. The number of aliphatic hydroxyl groups excluding tert-OH is 1. The molecule has 6 nitrogen and oxygen atoms in total. The third kappa shape index (κ3) is 16.0. The number of rotatable bonds is 17. The molecule has 0 aliphatic rings. The van der Waals surface area contributed by atoms with E-state index < -0.39 is 17.6 Å². The van der Waals surface area contributed by atoms with Crippen molar-refractivity contribution in [1.29, 1.82) is 0 Å². The van der Waals surface area contributed by atoms with Gasteiger partial charge in [0.2, 0.25) is 0 Å². The molecule has 6 heteroatoms. The fourth-order valence-electron chi connectivity index (χ4n) is 2.93. The van der Waals surface area contributed by atoms with Crippen LogP contribution in [-0.4, -0.2) is 29.8 Å². The summed E-state index contributed by atoms with van der Waals surface area (Å²) >= 11 is 0. The molecule has 168 valence electrons. The third-order valence-electron chi connectivity index (χ3n) is 4.90. The van der Waals surface area contributed by atoms with Gasteiger partial charge in [-0.2, -0.15) is 0 Å². The number of unbranched alkanes of at least 4 members (excludes halogenated alkanes) is 11. The van der Waals surface area contributed by atoms with Gasteiger partial charge in [-0.25, -0.2) is 0 Å². The van der Waals surface area contributed by atoms with E-state index in [1.54, 1.807) is 26.8 Å². The molecular weight excluding hydrogens is 366 g/mol. The summed E-state index contributed by atoms with van der Waals surface area (Å²) in [6.07, 6.45) is 17.8. The van der Waals surface area contributed by atoms with E-state index in [0.717, 1.165) is 12.8 Å². The zero-order valence-electron chi connectivity index (χ0n) is 19.1. The van der Waals surface area contributed by atoms with E-state index in [0.29, 0.717) is 0 Å². The highest BCUT2D eigenvalue weighted by Crippen LogP contribution is 2.16. The number of allylic oxidation sites excluding steroid dienone is 1. The van der Waals surface area contributed by atoms with E-state index in [4.69, 9.17) is 10.3 Å². The first-order valence-corrected chi connectivity index (χ1v) is 11.4. The van der Waals surface area contributed by atoms with Crippen molar-refractivity contribution in [2.75, 3.05) is 6.61 Å². The summed E-state index contributed by atoms with van der Waals surface area (Å²) in [6.45, 7) is 7.38. The molecule has 0 heterocycles. The van der Waals surface area contributed by atoms with Crippen LogP contribution in [0.3, 0.4) is 0 Å². The number of ether oxygens (including phenoxy) is 1. The zero-order valence-corrected chi connectivity index (χ0v) is 19.1. The lowest BCUT2D eigenvalue weighted by Gasteiger charge is -2.20. The van der Waals surface area contributed by atoms with Crippen molar-refractivity contribution >= 4 is 5.97 Å². The minimum Gasteiger partial charge on any atom is -0.465 e. The van der Waals surface area contributed by atoms with Gasteiger partial charge < -0.3 is 9.84 Å². The number of esters is 1. The Bertz CT molecular complexity index is 494. The van der Waals surface area contributed by atoms with E-state index in [1.165, 1.54) is 64.2 Å². The van der Waals surface area contributed by atoms with Crippen molar-refractivity contribution < 1.29 is 14.6 Å². The van der Waals surface area contributed by atoms with Crippen molar-refractivity contribution in [3.05, 3.63) is 22.6 Å². The van der Waals surface area contributed by atoms with Crippen molar-refractivity contribution in [2.45, 2.75) is 117 Å². The first-order chi connectivity index (χ1) is 13.8. The molecule has 0 saturated heterocycles. The van der Waals surface area contributed by atoms with Gasteiger partial charge in [-0.1, -0.05) is 88.4 Å². The third-order valence-corrected chi connectivity index (χ3v) is 4.90. The molecule has 0 bridgehead atoms. The van der Waals surface area contributed by atoms with Crippen molar-refractivity contribution in [1.82, 2.24) is 0 Å². The number of azide groups is 1. The Hall–Kier alpha value is -1.52. The fraction of sp³-hybridized carbons (Fsp3) is 0.870. The molecule has 0 radical (unpaired) electrons. The fourth-order valence-corrected chi connectivity index (χ4v) is 2.93. The van der Waals surface area contributed by atoms with Crippen molar-refractivity contribution in [2.24, 2.45) is 10.5 Å². The maximum atomic E-state index is 11.8. The molecule has 2 atom stereocenters. The molecule has 0 spiro atoms. The second-order valence-electron chi connectivity index (χ2n) is 8.86. The van der Waals surface area contributed by atoms with Gasteiger partial charge in [0.25, 0.3) is 0 Å². The normalized spacial score (nSPS) is 13.8. The summed E-state index contributed by atoms with van der Waals surface area (Å²) in [7, 11) is 0. The van der Waals surface area contributed by atoms with E-state index in [1.807, 2.05) is 6.08 Å². The lowest BCUT2D eigenvalue weighted by atomic mass is 9.97. The molecule has 1 N–H and O–H groups in total. The van der Waals surface area contributed by atoms with Crippen LogP contribution in [-0.2, 0) is 9.53 Å². The SMILES string of the molecule is CCCCCCCCCCCCCC=CC(O)C(COC(=O)C(C)(C)C)N=[N+]=[N-]. The number of hydrogen-bond donors (Lipinski definition) is 1. The van der Waals surface area contributed by atoms with Crippen molar-refractivity contribution in [3.8, 4) is 0 Å². The topological polar surface area (TPSA) is 95.3 Å². The summed E-state index contributed by atoms with van der Waals surface area (Å²) < 4.78 is 5.16. The number of aliphatic hydroxyl groups is 1. The molecule has 0 aliphatic carbocycles. The zero-order chi connectivity index (χ0) is 22.0. The average molecular weight is 410 g/mol. The minimum absolute atomic E-state index is 0.121. The minimum atomic E-state index is -0.952. The molecule has 0 aliphatic heterocycles. The summed E-state index contributed by atoms with van der Waals surface area (Å²) in [6, 6.07) is -0.806. The van der Waals surface area contributed by atoms with E-state index in [2.05, 4.69) is 16.9 Å². The molecule has 2 unspecified atom stereocenters. The average Bonchev–Trinajstić information content (AvgIpc) is 2.67. The Morgan fingerprint density at radius 2 is 1.55 bits per heavy atom. The summed E-state index contributed by atoms with van der Waals surface area (Å²) in [5, 5.41) is 13.8. The highest BCUT2D eigenvalue weighted by Gasteiger charge is 2.25. The highest BCUT2D eigenvalue weighted by atomic mass is 16.5. The second kappa shape index (κ2) is 17.3. The molecule has 0 aromatic carbocycles. The predicted molar refractivity (Wildman–Crippen MR) is 120 cm³/mol. The lowest BCUT2D eigenvalue weighted by Crippen LogP contribution is -2.31. The van der Waals surface area contributed by atoms with Gasteiger partial charge >= 0.3 is 5.97 Å². The highest BCUT2D eigenvalue weighted by molar-refractivity contribution is 5.75. The molecule has 0 saturated carbocycles. The Morgan fingerprint density at radius 1 is 1.03 bits per heavy atom. The van der Waals surface area contributed by atoms with Gasteiger partial charge in [0.1, 0.15) is 12.6 Å². The smallest absolute Gasteiger partial charge is 0.311 e. The largest absolute Gasteiger partial charge is 0.465 e. The second-order valence-corrected chi connectivity index (χ2v) is 8.86. The summed E-state index contributed by atoms with van der Waals surface area (Å²) in [5.41, 5.74) is 8.05. The van der Waals surface area contributed by atoms with Crippen LogP contribution in [0.5, 0.6) is 0 Å². The van der Waals surface area contributed by atoms with Crippen LogP contribution in [0.2, 0.25) is 0 Å². The Morgan fingerprint density at radius 3 is 2.03 bits per heavy atom. The van der Waals surface area contributed by atoms with Gasteiger partial charge in [0.05, 0.1) is 11.5 Å². The maximum Gasteiger partial charge on any atom is 0.311 e. The first-order valence-electron chi connectivity index (χ1n) is 11.4. The van der Waals surface area contributed by atoms with Crippen LogP contribution in [0.1, 0.15) is 105 Å². The van der Waals surface area contributed by atoms with Gasteiger partial charge in [-0.3, -0.25) is 4.79 Å². The van der Waals surface area contributed by atoms with Crippen molar-refractivity contribution in [3.63, 3.8) is 0 Å². The number of nitrogens with zero attached hydrogens (tertiary/aromatic N) is 3. The van der Waals surface area contributed by atoms with Crippen LogP contribution in [0.25, 0.3) is 10.4 Å². The van der Waals surface area contributed by atoms with Crippen LogP contribution >= 0.6 is 0 Å². The van der Waals surface area contributed by atoms with Gasteiger partial charge in [0.15, 0.2) is 0 Å². The van der Waals surface area contributed by atoms with Gasteiger partial charge in [-0.05, 0) is 39.1 Å². The van der Waals surface area contributed by atoms with Crippen LogP contribution < -0.4 is 0 Å². The molecule has 0 rings (SSSR count). The number of hydrogen-bond acceptors (Lipinski definition) is 4. The molecule has 0 amide bonds. The first kappa shape index (κ1) is 27.5. The van der Waals surface area contributed by atoms with Crippen LogP contribution in [0, 0.1) is 5.41 Å². The summed E-state index contributed by atoms with van der Waals surface area (Å²) in [5.74, 6) is -0.382. The Kier molecular flexibility index (Phi) is 16.4. The van der Waals surface area contributed by atoms with Gasteiger partial charge in [0, 0.05) is 4.91 Å². The quantitative estimate of drug-likeness (QED) is 0.0708. The Labute approximate surface area is 177 Å². The molecule has 0 aromatic heterocycles. The van der Waals surface area contributed by atoms with E-state index in [-0.39, 0.29) is 12.6 Å².